The van der Waals surface area contributed by atoms with E-state index >= 15 is 0 Å². The molecule has 1 N–H and O–H groups in total. The average molecular weight is 240 g/mol. The zero-order valence-corrected chi connectivity index (χ0v) is 9.20. The molecule has 0 radical (unpaired) electrons. The van der Waals surface area contributed by atoms with Crippen LogP contribution >= 0.6 is 0 Å². The number of oxime groups is 1. The van der Waals surface area contributed by atoms with Crippen LogP contribution in [0.5, 0.6) is 0 Å². The van der Waals surface area contributed by atoms with Crippen LogP contribution in [0.25, 0.3) is 11.1 Å². The van der Waals surface area contributed by atoms with Gasteiger partial charge in [-0.15, -0.1) is 0 Å². The van der Waals surface area contributed by atoms with Crippen molar-refractivity contribution >= 4 is 11.4 Å². The lowest BCUT2D eigenvalue weighted by molar-refractivity contribution is -0.385. The number of nitro benzene ring substituents is 1. The maximum atomic E-state index is 11.0. The summed E-state index contributed by atoms with van der Waals surface area (Å²) in [6.45, 7) is 0. The lowest BCUT2D eigenvalue weighted by atomic mass is 10.1. The van der Waals surface area contributed by atoms with E-state index in [1.54, 1.807) is 18.2 Å². The van der Waals surface area contributed by atoms with Gasteiger partial charge in [-0.1, -0.05) is 41.6 Å². The maximum absolute atomic E-state index is 11.0. The molecule has 0 amide bonds. The molecule has 2 aromatic rings. The molecule has 0 spiro atoms. The van der Waals surface area contributed by atoms with E-state index in [0.717, 1.165) is 11.1 Å². The van der Waals surface area contributed by atoms with Crippen LogP contribution in [0.1, 0.15) is 11.1 Å². The van der Waals surface area contributed by atoms with Gasteiger partial charge in [0.25, 0.3) is 5.69 Å². The molecule has 5 nitrogen and oxygen atoms in total. The van der Waals surface area contributed by atoms with Crippen molar-refractivity contribution in [3.63, 3.8) is 0 Å². The molecular weight excluding hydrogens is 232 g/mol. The molecule has 1 aliphatic carbocycles. The van der Waals surface area contributed by atoms with Crippen LogP contribution in [0.15, 0.2) is 47.6 Å². The number of hydrogen-bond donors (Lipinski definition) is 1. The fourth-order valence-corrected chi connectivity index (χ4v) is 2.33. The summed E-state index contributed by atoms with van der Waals surface area (Å²) in [4.78, 5) is 10.6. The molecule has 0 heterocycles. The molecule has 18 heavy (non-hydrogen) atoms. The van der Waals surface area contributed by atoms with Gasteiger partial charge in [0.2, 0.25) is 0 Å². The van der Waals surface area contributed by atoms with Crippen LogP contribution in [0.3, 0.4) is 0 Å². The molecule has 0 saturated heterocycles. The number of fused-ring (bicyclic) bond motifs is 3. The normalized spacial score (nSPS) is 14.3. The lowest BCUT2D eigenvalue weighted by Crippen LogP contribution is -2.02. The molecule has 0 unspecified atom stereocenters. The van der Waals surface area contributed by atoms with Crippen molar-refractivity contribution in [2.75, 3.05) is 0 Å². The molecule has 3 rings (SSSR count). The highest BCUT2D eigenvalue weighted by molar-refractivity contribution is 6.26. The summed E-state index contributed by atoms with van der Waals surface area (Å²) in [7, 11) is 0. The zero-order valence-electron chi connectivity index (χ0n) is 9.20. The Morgan fingerprint density at radius 2 is 1.67 bits per heavy atom. The number of rotatable bonds is 1. The van der Waals surface area contributed by atoms with Crippen LogP contribution < -0.4 is 0 Å². The molecule has 5 heteroatoms. The summed E-state index contributed by atoms with van der Waals surface area (Å²) in [6.07, 6.45) is 0. The van der Waals surface area contributed by atoms with E-state index in [-0.39, 0.29) is 11.4 Å². The predicted octanol–water partition coefficient (Wildman–Crippen LogP) is 2.80. The second-order valence-corrected chi connectivity index (χ2v) is 3.95. The van der Waals surface area contributed by atoms with Crippen molar-refractivity contribution in [2.24, 2.45) is 5.16 Å². The highest BCUT2D eigenvalue weighted by atomic mass is 16.6. The van der Waals surface area contributed by atoms with E-state index < -0.39 is 4.92 Å². The van der Waals surface area contributed by atoms with Crippen molar-refractivity contribution in [3.8, 4) is 11.1 Å². The number of nitrogens with zero attached hydrogens (tertiary/aromatic N) is 2. The van der Waals surface area contributed by atoms with Gasteiger partial charge in [0.05, 0.1) is 10.5 Å². The van der Waals surface area contributed by atoms with Crippen LogP contribution in [-0.4, -0.2) is 15.8 Å². The molecule has 0 bridgehead atoms. The summed E-state index contributed by atoms with van der Waals surface area (Å²) < 4.78 is 0. The van der Waals surface area contributed by atoms with Gasteiger partial charge in [0, 0.05) is 11.6 Å². The molecule has 0 fully saturated rings. The Kier molecular flexibility index (Phi) is 2.13. The standard InChI is InChI=1S/C13H8N2O3/c16-14-13-10-5-2-1-4-8(10)9-6-3-7-11(12(9)13)15(17)18/h1-7,16H/b14-13+. The molecule has 1 aliphatic rings. The highest BCUT2D eigenvalue weighted by Gasteiger charge is 2.31. The second kappa shape index (κ2) is 3.66. The van der Waals surface area contributed by atoms with E-state index in [2.05, 4.69) is 5.16 Å². The van der Waals surface area contributed by atoms with Gasteiger partial charge in [-0.2, -0.15) is 0 Å². The first kappa shape index (κ1) is 10.5. The Morgan fingerprint density at radius 3 is 2.33 bits per heavy atom. The average Bonchev–Trinajstić information content (AvgIpc) is 2.72. The fraction of sp³-hybridized carbons (Fsp3) is 0. The van der Waals surface area contributed by atoms with Gasteiger partial charge in [-0.25, -0.2) is 0 Å². The summed E-state index contributed by atoms with van der Waals surface area (Å²) in [6, 6.07) is 12.1. The van der Waals surface area contributed by atoms with E-state index in [0.29, 0.717) is 11.1 Å². The topological polar surface area (TPSA) is 75.7 Å². The van der Waals surface area contributed by atoms with Crippen molar-refractivity contribution in [2.45, 2.75) is 0 Å². The van der Waals surface area contributed by atoms with Gasteiger partial charge in [0.1, 0.15) is 5.71 Å². The Morgan fingerprint density at radius 1 is 1.00 bits per heavy atom. The molecular formula is C13H8N2O3. The smallest absolute Gasteiger partial charge is 0.279 e. The molecule has 2 aromatic carbocycles. The van der Waals surface area contributed by atoms with Crippen LogP contribution in [0.2, 0.25) is 0 Å². The van der Waals surface area contributed by atoms with Crippen LogP contribution in [0.4, 0.5) is 5.69 Å². The van der Waals surface area contributed by atoms with Crippen molar-refractivity contribution < 1.29 is 10.1 Å². The summed E-state index contributed by atoms with van der Waals surface area (Å²) >= 11 is 0. The van der Waals surface area contributed by atoms with Crippen molar-refractivity contribution in [3.05, 3.63) is 63.7 Å². The molecule has 0 saturated carbocycles. The minimum absolute atomic E-state index is 0.0449. The molecule has 88 valence electrons. The number of nitro groups is 1. The predicted molar refractivity (Wildman–Crippen MR) is 66.0 cm³/mol. The third-order valence-electron chi connectivity index (χ3n) is 3.05. The second-order valence-electron chi connectivity index (χ2n) is 3.95. The van der Waals surface area contributed by atoms with Gasteiger partial charge in [0.15, 0.2) is 0 Å². The highest BCUT2D eigenvalue weighted by Crippen LogP contribution is 2.40. The summed E-state index contributed by atoms with van der Waals surface area (Å²) in [5.74, 6) is 0. The first-order valence-corrected chi connectivity index (χ1v) is 5.33. The quantitative estimate of drug-likeness (QED) is 0.403. The monoisotopic (exact) mass is 240 g/mol. The van der Waals surface area contributed by atoms with Gasteiger partial charge < -0.3 is 5.21 Å². The number of benzene rings is 2. The van der Waals surface area contributed by atoms with Gasteiger partial charge >= 0.3 is 0 Å². The zero-order chi connectivity index (χ0) is 12.7. The summed E-state index contributed by atoms with van der Waals surface area (Å²) in [5.41, 5.74) is 2.89. The molecule has 0 atom stereocenters. The van der Waals surface area contributed by atoms with Gasteiger partial charge in [-0.3, -0.25) is 10.1 Å². The maximum Gasteiger partial charge on any atom is 0.279 e. The van der Waals surface area contributed by atoms with Gasteiger partial charge in [-0.05, 0) is 11.1 Å². The Balaban J connectivity index is 2.41. The van der Waals surface area contributed by atoms with E-state index in [9.17, 15) is 10.1 Å². The van der Waals surface area contributed by atoms with Crippen molar-refractivity contribution in [1.29, 1.82) is 0 Å². The Labute approximate surface area is 102 Å². The lowest BCUT2D eigenvalue weighted by Gasteiger charge is -2.00. The van der Waals surface area contributed by atoms with E-state index in [1.807, 2.05) is 18.2 Å². The first-order chi connectivity index (χ1) is 8.74. The Hall–Kier alpha value is -2.69. The third-order valence-corrected chi connectivity index (χ3v) is 3.05. The number of hydrogen-bond acceptors (Lipinski definition) is 4. The fourth-order valence-electron chi connectivity index (χ4n) is 2.33. The minimum Gasteiger partial charge on any atom is -0.410 e. The largest absolute Gasteiger partial charge is 0.410 e. The van der Waals surface area contributed by atoms with Crippen LogP contribution in [-0.2, 0) is 0 Å². The van der Waals surface area contributed by atoms with Crippen molar-refractivity contribution in [1.82, 2.24) is 0 Å². The first-order valence-electron chi connectivity index (χ1n) is 5.33. The van der Waals surface area contributed by atoms with E-state index in [4.69, 9.17) is 5.21 Å². The Bertz CT molecular complexity index is 692. The third kappa shape index (κ3) is 1.24. The van der Waals surface area contributed by atoms with E-state index in [1.165, 1.54) is 6.07 Å². The van der Waals surface area contributed by atoms with Crippen LogP contribution in [0, 0.1) is 10.1 Å². The molecule has 0 aromatic heterocycles. The molecule has 0 aliphatic heterocycles. The minimum atomic E-state index is -0.462. The summed E-state index contributed by atoms with van der Waals surface area (Å²) in [5, 5.41) is 23.4. The SMILES string of the molecule is O=[N+]([O-])c1cccc2c1/C(=N/O)c1ccccc1-2.